The van der Waals surface area contributed by atoms with Gasteiger partial charge in [0.2, 0.25) is 11.8 Å². The molecule has 0 unspecified atom stereocenters. The molecule has 3 N–H and O–H groups in total. The zero-order chi connectivity index (χ0) is 18.4. The van der Waals surface area contributed by atoms with E-state index in [0.29, 0.717) is 43.3 Å². The quantitative estimate of drug-likeness (QED) is 0.710. The number of aromatic nitrogens is 1. The van der Waals surface area contributed by atoms with Gasteiger partial charge in [0.1, 0.15) is 5.82 Å². The molecule has 1 saturated heterocycles. The van der Waals surface area contributed by atoms with Gasteiger partial charge in [0.25, 0.3) is 0 Å². The average molecular weight is 440 g/mol. The summed E-state index contributed by atoms with van der Waals surface area (Å²) in [6.45, 7) is 5.56. The lowest BCUT2D eigenvalue weighted by Gasteiger charge is -2.38. The number of nitrogens with one attached hydrogen (secondary N) is 1. The molecule has 2 heterocycles. The molecule has 0 aliphatic carbocycles. The molecular weight excluding hydrogens is 411 g/mol. The molecule has 2 amide bonds. The van der Waals surface area contributed by atoms with E-state index in [2.05, 4.69) is 10.3 Å². The van der Waals surface area contributed by atoms with Gasteiger partial charge in [-0.25, -0.2) is 4.98 Å². The maximum Gasteiger partial charge on any atom is 0.230 e. The Morgan fingerprint density at radius 3 is 2.30 bits per heavy atom. The second-order valence-electron chi connectivity index (χ2n) is 6.61. The molecule has 1 aliphatic rings. The predicted molar refractivity (Wildman–Crippen MR) is 114 cm³/mol. The van der Waals surface area contributed by atoms with Crippen LogP contribution in [0.15, 0.2) is 18.3 Å². The van der Waals surface area contributed by atoms with Crippen LogP contribution in [0.3, 0.4) is 0 Å². The van der Waals surface area contributed by atoms with Crippen LogP contribution in [0.4, 0.5) is 5.82 Å². The highest BCUT2D eigenvalue weighted by Crippen LogP contribution is 2.30. The summed E-state index contributed by atoms with van der Waals surface area (Å²) in [6, 6.07) is 3.37. The topological polar surface area (TPSA) is 88.3 Å². The summed E-state index contributed by atoms with van der Waals surface area (Å²) >= 11 is 5.79. The molecule has 0 saturated carbocycles. The monoisotopic (exact) mass is 438 g/mol. The molecular formula is C18H29Cl3N4O2. The molecule has 0 spiro atoms. The molecule has 0 bridgehead atoms. The van der Waals surface area contributed by atoms with Gasteiger partial charge < -0.3 is 16.0 Å². The van der Waals surface area contributed by atoms with Crippen LogP contribution in [0.5, 0.6) is 0 Å². The lowest BCUT2D eigenvalue weighted by molar-refractivity contribution is -0.144. The highest BCUT2D eigenvalue weighted by molar-refractivity contribution is 6.30. The summed E-state index contributed by atoms with van der Waals surface area (Å²) < 4.78 is 0. The summed E-state index contributed by atoms with van der Waals surface area (Å²) in [4.78, 5) is 31.2. The molecule has 9 heteroatoms. The van der Waals surface area contributed by atoms with Gasteiger partial charge in [0.05, 0.1) is 10.4 Å². The number of anilines is 1. The van der Waals surface area contributed by atoms with Crippen molar-refractivity contribution in [2.24, 2.45) is 17.1 Å². The maximum atomic E-state index is 12.8. The lowest BCUT2D eigenvalue weighted by atomic mass is 9.80. The van der Waals surface area contributed by atoms with E-state index >= 15 is 0 Å². The normalized spacial score (nSPS) is 14.7. The highest BCUT2D eigenvalue weighted by Gasteiger charge is 2.38. The minimum atomic E-state index is -0.470. The third kappa shape index (κ3) is 6.21. The molecule has 1 aliphatic heterocycles. The van der Waals surface area contributed by atoms with Gasteiger partial charge in [-0.05, 0) is 37.8 Å². The van der Waals surface area contributed by atoms with Crippen molar-refractivity contribution in [3.05, 3.63) is 23.4 Å². The van der Waals surface area contributed by atoms with Crippen molar-refractivity contribution in [3.8, 4) is 0 Å². The maximum absolute atomic E-state index is 12.8. The van der Waals surface area contributed by atoms with Crippen molar-refractivity contribution in [3.63, 3.8) is 0 Å². The number of halogens is 3. The fourth-order valence-electron chi connectivity index (χ4n) is 3.29. The summed E-state index contributed by atoms with van der Waals surface area (Å²) in [6.07, 6.45) is 4.28. The van der Waals surface area contributed by atoms with E-state index in [1.54, 1.807) is 12.1 Å². The van der Waals surface area contributed by atoms with E-state index in [9.17, 15) is 9.59 Å². The Labute approximate surface area is 178 Å². The molecule has 154 valence electrons. The fourth-order valence-corrected chi connectivity index (χ4v) is 3.40. The van der Waals surface area contributed by atoms with E-state index < -0.39 is 5.41 Å². The number of amides is 2. The van der Waals surface area contributed by atoms with E-state index in [-0.39, 0.29) is 42.5 Å². The van der Waals surface area contributed by atoms with Gasteiger partial charge in [0, 0.05) is 31.7 Å². The number of pyridine rings is 1. The zero-order valence-electron chi connectivity index (χ0n) is 15.7. The average Bonchev–Trinajstić information content (AvgIpc) is 2.65. The van der Waals surface area contributed by atoms with Crippen LogP contribution >= 0.6 is 36.4 Å². The summed E-state index contributed by atoms with van der Waals surface area (Å²) in [5.41, 5.74) is 5.41. The minimum absolute atomic E-state index is 0. The Hall–Kier alpha value is -1.08. The Bertz CT molecular complexity index is 593. The molecule has 0 radical (unpaired) electrons. The van der Waals surface area contributed by atoms with Crippen molar-refractivity contribution in [1.82, 2.24) is 9.88 Å². The van der Waals surface area contributed by atoms with Crippen molar-refractivity contribution in [1.29, 1.82) is 0 Å². The second kappa shape index (κ2) is 11.7. The summed E-state index contributed by atoms with van der Waals surface area (Å²) in [5, 5.41) is 3.34. The van der Waals surface area contributed by atoms with Crippen molar-refractivity contribution in [2.75, 3.05) is 25.0 Å². The van der Waals surface area contributed by atoms with Crippen molar-refractivity contribution >= 4 is 54.0 Å². The molecule has 1 aromatic heterocycles. The number of hydrogen-bond donors (Lipinski definition) is 2. The first-order valence-electron chi connectivity index (χ1n) is 8.87. The first-order valence-corrected chi connectivity index (χ1v) is 9.25. The Balaban J connectivity index is 0.00000338. The Morgan fingerprint density at radius 2 is 1.85 bits per heavy atom. The first-order chi connectivity index (χ1) is 12.0. The molecule has 1 aromatic rings. The van der Waals surface area contributed by atoms with E-state index in [0.717, 1.165) is 12.8 Å². The number of likely N-dealkylation sites (tertiary alicyclic amines) is 1. The lowest BCUT2D eigenvalue weighted by Crippen LogP contribution is -2.50. The zero-order valence-corrected chi connectivity index (χ0v) is 18.1. The molecule has 0 atom stereocenters. The van der Waals surface area contributed by atoms with Gasteiger partial charge in [-0.2, -0.15) is 0 Å². The molecule has 1 fully saturated rings. The predicted octanol–water partition coefficient (Wildman–Crippen LogP) is 3.52. The first kappa shape index (κ1) is 25.9. The van der Waals surface area contributed by atoms with Crippen LogP contribution in [-0.2, 0) is 9.59 Å². The number of piperidine rings is 1. The van der Waals surface area contributed by atoms with Crippen LogP contribution in [0.25, 0.3) is 0 Å². The van der Waals surface area contributed by atoms with Gasteiger partial charge in [-0.1, -0.05) is 25.4 Å². The molecule has 0 aromatic carbocycles. The smallest absolute Gasteiger partial charge is 0.230 e. The van der Waals surface area contributed by atoms with E-state index in [1.807, 2.05) is 18.7 Å². The molecule has 6 nitrogen and oxygen atoms in total. The standard InChI is InChI=1S/C18H27ClN4O2.2ClH/c1-3-18(4-2,12-20)17(25)23-9-7-13(8-10-23)16(24)22-15-6-5-14(19)11-21-15;;/h5-6,11,13H,3-4,7-10,12,20H2,1-2H3,(H,21,22,24);2*1H. The number of carbonyl (C=O) groups excluding carboxylic acids is 2. The molecule has 27 heavy (non-hydrogen) atoms. The number of nitrogens with two attached hydrogens (primary N) is 1. The highest BCUT2D eigenvalue weighted by atomic mass is 35.5. The largest absolute Gasteiger partial charge is 0.342 e. The van der Waals surface area contributed by atoms with Gasteiger partial charge in [0.15, 0.2) is 0 Å². The van der Waals surface area contributed by atoms with E-state index in [1.165, 1.54) is 6.20 Å². The van der Waals surface area contributed by atoms with E-state index in [4.69, 9.17) is 17.3 Å². The van der Waals surface area contributed by atoms with Gasteiger partial charge >= 0.3 is 0 Å². The third-order valence-corrected chi connectivity index (χ3v) is 5.55. The Morgan fingerprint density at radius 1 is 1.26 bits per heavy atom. The van der Waals surface area contributed by atoms with Crippen LogP contribution in [0.1, 0.15) is 39.5 Å². The number of carbonyl (C=O) groups is 2. The minimum Gasteiger partial charge on any atom is -0.342 e. The number of nitrogens with zero attached hydrogens (tertiary/aromatic N) is 2. The second-order valence-corrected chi connectivity index (χ2v) is 7.05. The number of hydrogen-bond acceptors (Lipinski definition) is 4. The van der Waals surface area contributed by atoms with Crippen LogP contribution in [0.2, 0.25) is 5.02 Å². The fraction of sp³-hybridized carbons (Fsp3) is 0.611. The summed E-state index contributed by atoms with van der Waals surface area (Å²) in [7, 11) is 0. The van der Waals surface area contributed by atoms with Crippen molar-refractivity contribution in [2.45, 2.75) is 39.5 Å². The van der Waals surface area contributed by atoms with Crippen LogP contribution in [-0.4, -0.2) is 41.3 Å². The molecule has 2 rings (SSSR count). The van der Waals surface area contributed by atoms with Gasteiger partial charge in [-0.15, -0.1) is 24.8 Å². The summed E-state index contributed by atoms with van der Waals surface area (Å²) in [5.74, 6) is 0.445. The number of rotatable bonds is 6. The Kier molecular flexibility index (Phi) is 11.2. The van der Waals surface area contributed by atoms with Gasteiger partial charge in [-0.3, -0.25) is 9.59 Å². The SMILES string of the molecule is CCC(CC)(CN)C(=O)N1CCC(C(=O)Nc2ccc(Cl)cn2)CC1.Cl.Cl. The van der Waals surface area contributed by atoms with Crippen LogP contribution in [0, 0.1) is 11.3 Å². The van der Waals surface area contributed by atoms with Crippen molar-refractivity contribution < 1.29 is 9.59 Å². The van der Waals surface area contributed by atoms with Crippen LogP contribution < -0.4 is 11.1 Å². The third-order valence-electron chi connectivity index (χ3n) is 5.33.